The number of anilines is 3. The molecule has 0 bridgehead atoms. The predicted molar refractivity (Wildman–Crippen MR) is 106 cm³/mol. The molecule has 1 unspecified atom stereocenters. The average molecular weight is 370 g/mol. The number of rotatable bonds is 6. The van der Waals surface area contributed by atoms with Gasteiger partial charge in [-0.2, -0.15) is 0 Å². The van der Waals surface area contributed by atoms with Gasteiger partial charge in [-0.1, -0.05) is 25.1 Å². The van der Waals surface area contributed by atoms with Gasteiger partial charge >= 0.3 is 6.09 Å². The van der Waals surface area contributed by atoms with Gasteiger partial charge in [0.2, 0.25) is 5.91 Å². The van der Waals surface area contributed by atoms with Crippen LogP contribution in [0.5, 0.6) is 0 Å². The minimum atomic E-state index is -0.730. The van der Waals surface area contributed by atoms with E-state index in [-0.39, 0.29) is 5.91 Å². The van der Waals surface area contributed by atoms with Crippen molar-refractivity contribution in [2.45, 2.75) is 45.8 Å². The van der Waals surface area contributed by atoms with Crippen LogP contribution in [-0.4, -0.2) is 28.6 Å². The van der Waals surface area contributed by atoms with Crippen molar-refractivity contribution in [2.75, 3.05) is 10.6 Å². The summed E-state index contributed by atoms with van der Waals surface area (Å²) in [6.45, 7) is 7.11. The number of carbonyl (C=O) groups is 2. The first kappa shape index (κ1) is 20.2. The third-order valence-corrected chi connectivity index (χ3v) is 3.52. The summed E-state index contributed by atoms with van der Waals surface area (Å²) in [4.78, 5) is 28.8. The van der Waals surface area contributed by atoms with Gasteiger partial charge in [-0.3, -0.25) is 4.79 Å². The van der Waals surface area contributed by atoms with Gasteiger partial charge in [0.1, 0.15) is 11.6 Å². The molecule has 7 heteroatoms. The summed E-state index contributed by atoms with van der Waals surface area (Å²) in [6.07, 6.45) is 1.38. The number of hydrogen-bond donors (Lipinski definition) is 3. The molecule has 27 heavy (non-hydrogen) atoms. The maximum absolute atomic E-state index is 12.6. The topological polar surface area (TPSA) is 92.3 Å². The van der Waals surface area contributed by atoms with E-state index in [1.54, 1.807) is 33.0 Å². The fourth-order valence-electron chi connectivity index (χ4n) is 2.29. The second kappa shape index (κ2) is 9.02. The first-order valence-corrected chi connectivity index (χ1v) is 8.86. The van der Waals surface area contributed by atoms with Crippen LogP contribution in [0.3, 0.4) is 0 Å². The van der Waals surface area contributed by atoms with E-state index in [4.69, 9.17) is 4.74 Å². The fourth-order valence-corrected chi connectivity index (χ4v) is 2.29. The minimum Gasteiger partial charge on any atom is -0.444 e. The Hall–Kier alpha value is -3.09. The lowest BCUT2D eigenvalue weighted by Gasteiger charge is -2.23. The Morgan fingerprint density at radius 2 is 1.81 bits per heavy atom. The van der Waals surface area contributed by atoms with Crippen LogP contribution in [0.25, 0.3) is 0 Å². The maximum atomic E-state index is 12.6. The van der Waals surface area contributed by atoms with Crippen molar-refractivity contribution >= 4 is 29.2 Å². The van der Waals surface area contributed by atoms with Crippen molar-refractivity contribution in [2.24, 2.45) is 0 Å². The van der Waals surface area contributed by atoms with Crippen LogP contribution >= 0.6 is 0 Å². The van der Waals surface area contributed by atoms with Crippen molar-refractivity contribution < 1.29 is 14.3 Å². The lowest BCUT2D eigenvalue weighted by Crippen LogP contribution is -2.45. The quantitative estimate of drug-likeness (QED) is 0.713. The fraction of sp³-hybridized carbons (Fsp3) is 0.350. The van der Waals surface area contributed by atoms with E-state index in [0.29, 0.717) is 17.9 Å². The number of hydrogen-bond acceptors (Lipinski definition) is 5. The number of alkyl carbamates (subject to hydrolysis) is 1. The van der Waals surface area contributed by atoms with Gasteiger partial charge in [-0.05, 0) is 51.5 Å². The molecule has 0 aliphatic rings. The molecule has 0 spiro atoms. The summed E-state index contributed by atoms with van der Waals surface area (Å²) in [5.74, 6) is 0.0222. The van der Waals surface area contributed by atoms with Crippen molar-refractivity contribution in [3.05, 3.63) is 48.7 Å². The molecule has 2 aromatic rings. The molecule has 1 aromatic carbocycles. The van der Waals surface area contributed by atoms with Gasteiger partial charge in [-0.15, -0.1) is 0 Å². The average Bonchev–Trinajstić information content (AvgIpc) is 2.60. The zero-order chi connectivity index (χ0) is 19.9. The zero-order valence-corrected chi connectivity index (χ0v) is 16.1. The van der Waals surface area contributed by atoms with Crippen molar-refractivity contribution in [1.82, 2.24) is 10.3 Å². The van der Waals surface area contributed by atoms with Crippen molar-refractivity contribution in [3.8, 4) is 0 Å². The third kappa shape index (κ3) is 6.62. The van der Waals surface area contributed by atoms with Crippen LogP contribution in [0.15, 0.2) is 48.7 Å². The Labute approximate surface area is 159 Å². The molecule has 0 saturated carbocycles. The summed E-state index contributed by atoms with van der Waals surface area (Å²) >= 11 is 0. The van der Waals surface area contributed by atoms with Crippen molar-refractivity contribution in [1.29, 1.82) is 0 Å². The Morgan fingerprint density at radius 1 is 1.11 bits per heavy atom. The summed E-state index contributed by atoms with van der Waals surface area (Å²) in [7, 11) is 0. The summed E-state index contributed by atoms with van der Waals surface area (Å²) in [5.41, 5.74) is 0.899. The molecule has 0 radical (unpaired) electrons. The lowest BCUT2D eigenvalue weighted by atomic mass is 10.2. The van der Waals surface area contributed by atoms with E-state index >= 15 is 0 Å². The van der Waals surface area contributed by atoms with Crippen LogP contribution in [-0.2, 0) is 9.53 Å². The predicted octanol–water partition coefficient (Wildman–Crippen LogP) is 4.07. The molecule has 3 N–H and O–H groups in total. The number of nitrogens with zero attached hydrogens (tertiary/aromatic N) is 1. The highest BCUT2D eigenvalue weighted by atomic mass is 16.6. The van der Waals surface area contributed by atoms with E-state index < -0.39 is 17.7 Å². The highest BCUT2D eigenvalue weighted by molar-refractivity contribution is 5.98. The number of ether oxygens (including phenoxy) is 1. The van der Waals surface area contributed by atoms with E-state index in [1.807, 2.05) is 43.3 Å². The van der Waals surface area contributed by atoms with E-state index in [0.717, 1.165) is 5.69 Å². The van der Waals surface area contributed by atoms with Gasteiger partial charge in [-0.25, -0.2) is 9.78 Å². The highest BCUT2D eigenvalue weighted by Crippen LogP contribution is 2.23. The molecule has 7 nitrogen and oxygen atoms in total. The van der Waals surface area contributed by atoms with Crippen molar-refractivity contribution in [3.63, 3.8) is 0 Å². The first-order chi connectivity index (χ1) is 12.8. The Balaban J connectivity index is 2.06. The van der Waals surface area contributed by atoms with E-state index in [1.165, 1.54) is 0 Å². The Bertz CT molecular complexity index is 772. The van der Waals surface area contributed by atoms with Gasteiger partial charge in [0, 0.05) is 11.9 Å². The number of para-hydroxylation sites is 1. The Kier molecular flexibility index (Phi) is 6.76. The number of benzene rings is 1. The van der Waals surface area contributed by atoms with Crippen LogP contribution in [0.1, 0.15) is 34.1 Å². The van der Waals surface area contributed by atoms with Gasteiger partial charge in [0.05, 0.1) is 5.69 Å². The normalized spacial score (nSPS) is 12.0. The SMILES string of the molecule is CCC(NC(=O)OC(C)(C)C)C(=O)Nc1ncccc1Nc1ccccc1. The second-order valence-electron chi connectivity index (χ2n) is 6.99. The molecule has 0 fully saturated rings. The molecule has 0 saturated heterocycles. The van der Waals surface area contributed by atoms with E-state index in [9.17, 15) is 9.59 Å². The van der Waals surface area contributed by atoms with Crippen LogP contribution < -0.4 is 16.0 Å². The number of carbonyl (C=O) groups excluding carboxylic acids is 2. The number of amides is 2. The monoisotopic (exact) mass is 370 g/mol. The molecule has 0 aliphatic carbocycles. The van der Waals surface area contributed by atoms with Gasteiger partial charge in [0.25, 0.3) is 0 Å². The van der Waals surface area contributed by atoms with Gasteiger partial charge in [0.15, 0.2) is 5.82 Å². The third-order valence-electron chi connectivity index (χ3n) is 3.52. The molecule has 144 valence electrons. The second-order valence-corrected chi connectivity index (χ2v) is 6.99. The number of nitrogens with one attached hydrogen (secondary N) is 3. The molecular weight excluding hydrogens is 344 g/mol. The summed E-state index contributed by atoms with van der Waals surface area (Å²) in [6, 6.07) is 12.4. The summed E-state index contributed by atoms with van der Waals surface area (Å²) in [5, 5.41) is 8.58. The smallest absolute Gasteiger partial charge is 0.408 e. The number of aromatic nitrogens is 1. The molecular formula is C20H26N4O3. The molecule has 1 aromatic heterocycles. The Morgan fingerprint density at radius 3 is 2.44 bits per heavy atom. The molecule has 2 amide bonds. The standard InChI is InChI=1S/C20H26N4O3/c1-5-15(23-19(26)27-20(2,3)4)18(25)24-17-16(12-9-13-21-17)22-14-10-7-6-8-11-14/h6-13,15,22H,5H2,1-4H3,(H,23,26)(H,21,24,25). The molecule has 2 rings (SSSR count). The molecule has 0 aliphatic heterocycles. The number of pyridine rings is 1. The first-order valence-electron chi connectivity index (χ1n) is 8.86. The maximum Gasteiger partial charge on any atom is 0.408 e. The molecule has 1 atom stereocenters. The lowest BCUT2D eigenvalue weighted by molar-refractivity contribution is -0.118. The van der Waals surface area contributed by atoms with E-state index in [2.05, 4.69) is 20.9 Å². The zero-order valence-electron chi connectivity index (χ0n) is 16.1. The van der Waals surface area contributed by atoms with Crippen LogP contribution in [0.4, 0.5) is 22.0 Å². The largest absolute Gasteiger partial charge is 0.444 e. The van der Waals surface area contributed by atoms with Crippen LogP contribution in [0.2, 0.25) is 0 Å². The van der Waals surface area contributed by atoms with Gasteiger partial charge < -0.3 is 20.7 Å². The molecule has 1 heterocycles. The summed E-state index contributed by atoms with van der Waals surface area (Å²) < 4.78 is 5.22. The van der Waals surface area contributed by atoms with Crippen LogP contribution in [0, 0.1) is 0 Å². The highest BCUT2D eigenvalue weighted by Gasteiger charge is 2.23. The minimum absolute atomic E-state index is 0.363.